The van der Waals surface area contributed by atoms with E-state index in [1.807, 2.05) is 10.9 Å². The number of hydrogen-bond donors (Lipinski definition) is 1. The fraction of sp³-hybridized carbons (Fsp3) is 0.667. The number of rotatable bonds is 2. The molecule has 0 bridgehead atoms. The van der Waals surface area contributed by atoms with Crippen LogP contribution in [0.3, 0.4) is 0 Å². The standard InChI is InChI=1S/C15H21N5O/c21-12-6-5-11-9-16-20(13(11)8-12)10-15-18-17-14-4-2-1-3-7-19(14)15/h9,12,21H,1-8,10H2/t12-/m0/s1. The maximum Gasteiger partial charge on any atom is 0.154 e. The average molecular weight is 287 g/mol. The number of aliphatic hydroxyl groups is 1. The summed E-state index contributed by atoms with van der Waals surface area (Å²) < 4.78 is 4.26. The van der Waals surface area contributed by atoms with Gasteiger partial charge in [-0.2, -0.15) is 5.10 Å². The van der Waals surface area contributed by atoms with Crippen molar-refractivity contribution in [3.8, 4) is 0 Å². The summed E-state index contributed by atoms with van der Waals surface area (Å²) in [4.78, 5) is 0. The molecule has 6 nitrogen and oxygen atoms in total. The van der Waals surface area contributed by atoms with Crippen molar-refractivity contribution >= 4 is 0 Å². The Bertz CT molecular complexity index is 633. The Morgan fingerprint density at radius 1 is 1.19 bits per heavy atom. The van der Waals surface area contributed by atoms with E-state index in [1.54, 1.807) is 0 Å². The van der Waals surface area contributed by atoms with Crippen LogP contribution in [0.1, 0.15) is 48.6 Å². The molecule has 1 N–H and O–H groups in total. The molecule has 1 aliphatic carbocycles. The first kappa shape index (κ1) is 13.0. The van der Waals surface area contributed by atoms with Gasteiger partial charge in [0.25, 0.3) is 0 Å². The van der Waals surface area contributed by atoms with E-state index in [0.717, 1.165) is 37.5 Å². The van der Waals surface area contributed by atoms with Crippen LogP contribution in [0, 0.1) is 0 Å². The van der Waals surface area contributed by atoms with Gasteiger partial charge in [0.2, 0.25) is 0 Å². The molecule has 3 heterocycles. The molecule has 0 unspecified atom stereocenters. The van der Waals surface area contributed by atoms with E-state index >= 15 is 0 Å². The molecule has 112 valence electrons. The lowest BCUT2D eigenvalue weighted by molar-refractivity contribution is 0.155. The summed E-state index contributed by atoms with van der Waals surface area (Å²) in [5, 5.41) is 23.1. The maximum atomic E-state index is 9.88. The van der Waals surface area contributed by atoms with Gasteiger partial charge in [-0.1, -0.05) is 6.42 Å². The van der Waals surface area contributed by atoms with Crippen LogP contribution in [0.5, 0.6) is 0 Å². The highest BCUT2D eigenvalue weighted by Gasteiger charge is 2.22. The predicted molar refractivity (Wildman–Crippen MR) is 76.9 cm³/mol. The highest BCUT2D eigenvalue weighted by atomic mass is 16.3. The van der Waals surface area contributed by atoms with E-state index in [9.17, 15) is 5.11 Å². The SMILES string of the molecule is O[C@H]1CCc2cnn(Cc3nnc4n3CCCCC4)c2C1. The highest BCUT2D eigenvalue weighted by molar-refractivity contribution is 5.22. The Hall–Kier alpha value is -1.69. The van der Waals surface area contributed by atoms with E-state index in [0.29, 0.717) is 13.0 Å². The minimum absolute atomic E-state index is 0.233. The summed E-state index contributed by atoms with van der Waals surface area (Å²) in [6, 6.07) is 0. The van der Waals surface area contributed by atoms with E-state index in [1.165, 1.54) is 30.5 Å². The van der Waals surface area contributed by atoms with Crippen LogP contribution >= 0.6 is 0 Å². The first-order valence-electron chi connectivity index (χ1n) is 7.94. The molecule has 0 aromatic carbocycles. The van der Waals surface area contributed by atoms with Crippen molar-refractivity contribution in [1.29, 1.82) is 0 Å². The molecule has 0 amide bonds. The average Bonchev–Trinajstić information content (AvgIpc) is 2.96. The topological polar surface area (TPSA) is 68.8 Å². The molecular formula is C15H21N5O. The number of fused-ring (bicyclic) bond motifs is 2. The minimum atomic E-state index is -0.233. The van der Waals surface area contributed by atoms with Gasteiger partial charge in [-0.25, -0.2) is 0 Å². The number of nitrogens with zero attached hydrogens (tertiary/aromatic N) is 5. The molecule has 21 heavy (non-hydrogen) atoms. The third kappa shape index (κ3) is 2.37. The molecule has 1 atom stereocenters. The first-order valence-corrected chi connectivity index (χ1v) is 7.94. The quantitative estimate of drug-likeness (QED) is 0.898. The van der Waals surface area contributed by atoms with Gasteiger partial charge in [0.15, 0.2) is 5.82 Å². The molecule has 0 saturated heterocycles. The van der Waals surface area contributed by atoms with Crippen molar-refractivity contribution in [1.82, 2.24) is 24.5 Å². The summed E-state index contributed by atoms with van der Waals surface area (Å²) >= 11 is 0. The first-order chi connectivity index (χ1) is 10.3. The van der Waals surface area contributed by atoms with Gasteiger partial charge in [-0.15, -0.1) is 10.2 Å². The second-order valence-electron chi connectivity index (χ2n) is 6.17. The molecular weight excluding hydrogens is 266 g/mol. The molecule has 0 saturated carbocycles. The van der Waals surface area contributed by atoms with Gasteiger partial charge < -0.3 is 9.67 Å². The molecule has 0 fully saturated rings. The molecule has 0 radical (unpaired) electrons. The Morgan fingerprint density at radius 2 is 2.14 bits per heavy atom. The molecule has 0 spiro atoms. The number of aliphatic hydroxyl groups excluding tert-OH is 1. The smallest absolute Gasteiger partial charge is 0.154 e. The third-order valence-corrected chi connectivity index (χ3v) is 4.69. The van der Waals surface area contributed by atoms with Crippen molar-refractivity contribution in [2.45, 2.75) is 64.1 Å². The van der Waals surface area contributed by atoms with Crippen molar-refractivity contribution in [3.05, 3.63) is 29.1 Å². The lowest BCUT2D eigenvalue weighted by atomic mass is 9.96. The van der Waals surface area contributed by atoms with Gasteiger partial charge in [-0.3, -0.25) is 4.68 Å². The lowest BCUT2D eigenvalue weighted by Crippen LogP contribution is -2.22. The van der Waals surface area contributed by atoms with Crippen molar-refractivity contribution in [2.24, 2.45) is 0 Å². The Morgan fingerprint density at radius 3 is 3.10 bits per heavy atom. The zero-order valence-corrected chi connectivity index (χ0v) is 12.2. The Balaban J connectivity index is 1.62. The largest absolute Gasteiger partial charge is 0.393 e. The van der Waals surface area contributed by atoms with Crippen molar-refractivity contribution in [3.63, 3.8) is 0 Å². The summed E-state index contributed by atoms with van der Waals surface area (Å²) in [7, 11) is 0. The second-order valence-corrected chi connectivity index (χ2v) is 6.17. The maximum absolute atomic E-state index is 9.88. The molecule has 2 aromatic rings. The second kappa shape index (κ2) is 5.26. The van der Waals surface area contributed by atoms with Crippen LogP contribution in [0.4, 0.5) is 0 Å². The van der Waals surface area contributed by atoms with Gasteiger partial charge in [0.1, 0.15) is 12.4 Å². The van der Waals surface area contributed by atoms with Gasteiger partial charge in [-0.05, 0) is 31.2 Å². The van der Waals surface area contributed by atoms with Crippen molar-refractivity contribution in [2.75, 3.05) is 0 Å². The molecule has 6 heteroatoms. The fourth-order valence-corrected chi connectivity index (χ4v) is 3.47. The Labute approximate surface area is 123 Å². The number of aryl methyl sites for hydroxylation is 2. The van der Waals surface area contributed by atoms with Crippen LogP contribution in [-0.2, 0) is 32.4 Å². The molecule has 2 aliphatic rings. The predicted octanol–water partition coefficient (Wildman–Crippen LogP) is 1.10. The van der Waals surface area contributed by atoms with Gasteiger partial charge in [0, 0.05) is 25.1 Å². The van der Waals surface area contributed by atoms with E-state index < -0.39 is 0 Å². The summed E-state index contributed by atoms with van der Waals surface area (Å²) in [6.07, 6.45) is 8.90. The normalized spacial score (nSPS) is 21.7. The molecule has 2 aromatic heterocycles. The van der Waals surface area contributed by atoms with E-state index in [2.05, 4.69) is 19.9 Å². The molecule has 1 aliphatic heterocycles. The third-order valence-electron chi connectivity index (χ3n) is 4.69. The number of aromatic nitrogens is 5. The summed E-state index contributed by atoms with van der Waals surface area (Å²) in [5.41, 5.74) is 2.44. The Kier molecular flexibility index (Phi) is 3.25. The van der Waals surface area contributed by atoms with Crippen molar-refractivity contribution < 1.29 is 5.11 Å². The summed E-state index contributed by atoms with van der Waals surface area (Å²) in [6.45, 7) is 1.68. The summed E-state index contributed by atoms with van der Waals surface area (Å²) in [5.74, 6) is 2.11. The fourth-order valence-electron chi connectivity index (χ4n) is 3.47. The van der Waals surface area contributed by atoms with Crippen LogP contribution in [0.15, 0.2) is 6.20 Å². The van der Waals surface area contributed by atoms with Crippen LogP contribution < -0.4 is 0 Å². The lowest BCUT2D eigenvalue weighted by Gasteiger charge is -2.18. The van der Waals surface area contributed by atoms with Gasteiger partial charge >= 0.3 is 0 Å². The van der Waals surface area contributed by atoms with E-state index in [4.69, 9.17) is 0 Å². The zero-order chi connectivity index (χ0) is 14.2. The zero-order valence-electron chi connectivity index (χ0n) is 12.2. The number of hydrogen-bond acceptors (Lipinski definition) is 4. The monoisotopic (exact) mass is 287 g/mol. The molecule has 4 rings (SSSR count). The van der Waals surface area contributed by atoms with Crippen LogP contribution in [0.25, 0.3) is 0 Å². The van der Waals surface area contributed by atoms with Gasteiger partial charge in [0.05, 0.1) is 12.3 Å². The van der Waals surface area contributed by atoms with E-state index in [-0.39, 0.29) is 6.10 Å². The van der Waals surface area contributed by atoms with Crippen LogP contribution in [-0.4, -0.2) is 35.8 Å². The van der Waals surface area contributed by atoms with Crippen LogP contribution in [0.2, 0.25) is 0 Å². The minimum Gasteiger partial charge on any atom is -0.393 e. The highest BCUT2D eigenvalue weighted by Crippen LogP contribution is 2.22.